The zero-order chi connectivity index (χ0) is 14.5. The van der Waals surface area contributed by atoms with Gasteiger partial charge in [-0.15, -0.1) is 11.3 Å². The van der Waals surface area contributed by atoms with Crippen LogP contribution in [0.5, 0.6) is 0 Å². The molecular weight excluding hydrogens is 288 g/mol. The van der Waals surface area contributed by atoms with Crippen molar-refractivity contribution in [3.8, 4) is 0 Å². The molecule has 3 nitrogen and oxygen atoms in total. The highest BCUT2D eigenvalue weighted by Crippen LogP contribution is 2.29. The van der Waals surface area contributed by atoms with Crippen molar-refractivity contribution in [3.05, 3.63) is 21.4 Å². The maximum atomic E-state index is 12.3. The fourth-order valence-corrected chi connectivity index (χ4v) is 3.92. The van der Waals surface area contributed by atoms with Crippen molar-refractivity contribution in [3.63, 3.8) is 0 Å². The number of nitrogens with two attached hydrogens (primary N) is 1. The second-order valence-corrected chi connectivity index (χ2v) is 6.94. The molecule has 0 spiro atoms. The third-order valence-electron chi connectivity index (χ3n) is 3.70. The van der Waals surface area contributed by atoms with Crippen LogP contribution in [0.15, 0.2) is 6.07 Å². The van der Waals surface area contributed by atoms with Crippen molar-refractivity contribution < 1.29 is 4.79 Å². The van der Waals surface area contributed by atoms with E-state index in [9.17, 15) is 4.79 Å². The molecule has 0 bridgehead atoms. The molecule has 1 unspecified atom stereocenters. The van der Waals surface area contributed by atoms with Gasteiger partial charge in [0.1, 0.15) is 0 Å². The first-order valence-electron chi connectivity index (χ1n) is 7.33. The molecule has 110 valence electrons. The highest BCUT2D eigenvalue weighted by atomic mass is 32.1. The Balaban J connectivity index is 2.07. The number of aryl methyl sites for hydroxylation is 2. The number of carbonyl (C=O) groups excluding carboxylic acids is 1. The van der Waals surface area contributed by atoms with Crippen LogP contribution in [0.4, 0.5) is 0 Å². The largest absolute Gasteiger partial charge is 0.392 e. The van der Waals surface area contributed by atoms with Crippen LogP contribution in [0.1, 0.15) is 59.1 Å². The van der Waals surface area contributed by atoms with Crippen LogP contribution in [0.3, 0.4) is 0 Å². The number of fused-ring (bicyclic) bond motifs is 1. The molecule has 0 fully saturated rings. The normalized spacial score (nSPS) is 16.1. The summed E-state index contributed by atoms with van der Waals surface area (Å²) in [4.78, 5) is 14.9. The summed E-state index contributed by atoms with van der Waals surface area (Å²) < 4.78 is 0. The number of hydrogen-bond donors (Lipinski definition) is 2. The Kier molecular flexibility index (Phi) is 5.54. The molecule has 1 aromatic heterocycles. The van der Waals surface area contributed by atoms with Gasteiger partial charge in [-0.25, -0.2) is 0 Å². The zero-order valence-corrected chi connectivity index (χ0v) is 13.5. The van der Waals surface area contributed by atoms with E-state index in [4.69, 9.17) is 18.0 Å². The number of hydrogen-bond acceptors (Lipinski definition) is 3. The van der Waals surface area contributed by atoms with Crippen molar-refractivity contribution in [2.75, 3.05) is 0 Å². The van der Waals surface area contributed by atoms with Crippen LogP contribution in [-0.2, 0) is 12.8 Å². The van der Waals surface area contributed by atoms with Crippen LogP contribution in [0.25, 0.3) is 0 Å². The molecule has 1 heterocycles. The number of amides is 1. The maximum absolute atomic E-state index is 12.3. The number of nitrogens with one attached hydrogen (secondary N) is 1. The molecule has 1 amide bonds. The molecule has 1 aliphatic rings. The summed E-state index contributed by atoms with van der Waals surface area (Å²) in [5.74, 6) is -0.0330. The minimum Gasteiger partial charge on any atom is -0.392 e. The predicted molar refractivity (Wildman–Crippen MR) is 88.5 cm³/mol. The lowest BCUT2D eigenvalue weighted by molar-refractivity contribution is 0.0949. The van der Waals surface area contributed by atoms with Crippen LogP contribution < -0.4 is 11.1 Å². The van der Waals surface area contributed by atoms with Gasteiger partial charge in [0.25, 0.3) is 5.91 Å². The van der Waals surface area contributed by atoms with Crippen LogP contribution in [0, 0.1) is 0 Å². The average Bonchev–Trinajstić information content (AvgIpc) is 2.69. The first-order valence-corrected chi connectivity index (χ1v) is 8.56. The topological polar surface area (TPSA) is 55.1 Å². The molecule has 5 heteroatoms. The molecule has 0 aromatic carbocycles. The van der Waals surface area contributed by atoms with Crippen LogP contribution >= 0.6 is 23.6 Å². The molecule has 1 aromatic rings. The summed E-state index contributed by atoms with van der Waals surface area (Å²) in [6, 6.07) is 1.87. The third kappa shape index (κ3) is 3.79. The van der Waals surface area contributed by atoms with Crippen molar-refractivity contribution in [1.82, 2.24) is 5.32 Å². The van der Waals surface area contributed by atoms with E-state index in [2.05, 4.69) is 18.3 Å². The lowest BCUT2D eigenvalue weighted by Gasteiger charge is -2.15. The Morgan fingerprint density at radius 1 is 1.45 bits per heavy atom. The Morgan fingerprint density at radius 3 is 2.90 bits per heavy atom. The second-order valence-electron chi connectivity index (χ2n) is 5.34. The standard InChI is InChI=1S/C15H22N2OS2/c1-2-6-11(14(16)19)17-15(18)13-9-10-7-4-3-5-8-12(10)20-13/h9,11H,2-8H2,1H3,(H2,16,19)(H,17,18). The van der Waals surface area contributed by atoms with Gasteiger partial charge in [0.05, 0.1) is 15.9 Å². The smallest absolute Gasteiger partial charge is 0.261 e. The van der Waals surface area contributed by atoms with Gasteiger partial charge in [-0.2, -0.15) is 0 Å². The second kappa shape index (κ2) is 7.18. The van der Waals surface area contributed by atoms with E-state index < -0.39 is 0 Å². The Bertz CT molecular complexity index is 473. The molecule has 0 aliphatic heterocycles. The monoisotopic (exact) mass is 310 g/mol. The number of thiophene rings is 1. The highest BCUT2D eigenvalue weighted by molar-refractivity contribution is 7.80. The number of thiocarbonyl (C=S) groups is 1. The average molecular weight is 310 g/mol. The lowest BCUT2D eigenvalue weighted by Crippen LogP contribution is -2.43. The van der Waals surface area contributed by atoms with E-state index in [1.807, 2.05) is 0 Å². The molecular formula is C15H22N2OS2. The van der Waals surface area contributed by atoms with E-state index in [1.165, 1.54) is 29.7 Å². The van der Waals surface area contributed by atoms with Gasteiger partial charge >= 0.3 is 0 Å². The maximum Gasteiger partial charge on any atom is 0.261 e. The van der Waals surface area contributed by atoms with Crippen molar-refractivity contribution in [1.29, 1.82) is 0 Å². The van der Waals surface area contributed by atoms with Crippen molar-refractivity contribution >= 4 is 34.5 Å². The Labute approximate surface area is 129 Å². The number of rotatable bonds is 5. The fourth-order valence-electron chi connectivity index (χ4n) is 2.58. The minimum absolute atomic E-state index is 0.0330. The highest BCUT2D eigenvalue weighted by Gasteiger charge is 2.19. The summed E-state index contributed by atoms with van der Waals surface area (Å²) >= 11 is 6.65. The first-order chi connectivity index (χ1) is 9.61. The van der Waals surface area contributed by atoms with Gasteiger partial charge in [0.15, 0.2) is 0 Å². The summed E-state index contributed by atoms with van der Waals surface area (Å²) in [5.41, 5.74) is 7.05. The van der Waals surface area contributed by atoms with E-state index in [-0.39, 0.29) is 11.9 Å². The molecule has 0 saturated carbocycles. The van der Waals surface area contributed by atoms with E-state index >= 15 is 0 Å². The number of carbonyl (C=O) groups is 1. The molecule has 20 heavy (non-hydrogen) atoms. The van der Waals surface area contributed by atoms with Gasteiger partial charge in [-0.05, 0) is 43.7 Å². The van der Waals surface area contributed by atoms with Gasteiger partial charge < -0.3 is 11.1 Å². The predicted octanol–water partition coefficient (Wildman–Crippen LogP) is 3.20. The van der Waals surface area contributed by atoms with E-state index in [0.29, 0.717) is 4.99 Å². The molecule has 1 atom stereocenters. The van der Waals surface area contributed by atoms with Gasteiger partial charge in [-0.1, -0.05) is 32.0 Å². The molecule has 3 N–H and O–H groups in total. The van der Waals surface area contributed by atoms with E-state index in [1.54, 1.807) is 11.3 Å². The lowest BCUT2D eigenvalue weighted by atomic mass is 10.1. The van der Waals surface area contributed by atoms with Crippen LogP contribution in [0.2, 0.25) is 0 Å². The summed E-state index contributed by atoms with van der Waals surface area (Å²) in [7, 11) is 0. The first kappa shape index (κ1) is 15.4. The SMILES string of the molecule is CCCC(NC(=O)c1cc2c(s1)CCCCC2)C(N)=S. The third-order valence-corrected chi connectivity index (χ3v) is 5.22. The van der Waals surface area contributed by atoms with Crippen LogP contribution in [-0.4, -0.2) is 16.9 Å². The molecule has 2 rings (SSSR count). The Morgan fingerprint density at radius 2 is 2.20 bits per heavy atom. The van der Waals surface area contributed by atoms with Crippen molar-refractivity contribution in [2.45, 2.75) is 57.9 Å². The molecule has 0 saturated heterocycles. The molecule has 1 aliphatic carbocycles. The quantitative estimate of drug-likeness (QED) is 0.648. The summed E-state index contributed by atoms with van der Waals surface area (Å²) in [6.07, 6.45) is 7.72. The molecule has 0 radical (unpaired) electrons. The van der Waals surface area contributed by atoms with E-state index in [0.717, 1.165) is 30.6 Å². The van der Waals surface area contributed by atoms with Gasteiger partial charge in [0, 0.05) is 4.88 Å². The zero-order valence-electron chi connectivity index (χ0n) is 11.9. The van der Waals surface area contributed by atoms with Crippen molar-refractivity contribution in [2.24, 2.45) is 5.73 Å². The summed E-state index contributed by atoms with van der Waals surface area (Å²) in [5, 5.41) is 2.96. The van der Waals surface area contributed by atoms with Gasteiger partial charge in [0.2, 0.25) is 0 Å². The summed E-state index contributed by atoms with van der Waals surface area (Å²) in [6.45, 7) is 2.06. The van der Waals surface area contributed by atoms with Gasteiger partial charge in [-0.3, -0.25) is 4.79 Å². The Hall–Kier alpha value is -0.940. The fraction of sp³-hybridized carbons (Fsp3) is 0.600. The minimum atomic E-state index is -0.190.